The maximum Gasteiger partial charge on any atom is 0.165 e. The highest BCUT2D eigenvalue weighted by Crippen LogP contribution is 2.72. The topological polar surface area (TPSA) is 48.0 Å². The van der Waals surface area contributed by atoms with Crippen molar-refractivity contribution in [3.05, 3.63) is 23.3 Å². The SMILES string of the molecule is CC[C@]12CC[C@@](CC(C)=O)(OC)[C@@H]3Oc4c(OC)ccc5c4[C@@]31CCN(CC1CC1)[C@@H]2C5. The van der Waals surface area contributed by atoms with Crippen molar-refractivity contribution in [3.63, 3.8) is 0 Å². The van der Waals surface area contributed by atoms with Crippen molar-refractivity contribution in [2.24, 2.45) is 11.3 Å². The van der Waals surface area contributed by atoms with Crippen LogP contribution in [0.15, 0.2) is 12.1 Å². The number of Topliss-reactive ketones (excluding diaryl/α,β-unsaturated/α-hetero) is 1. The van der Waals surface area contributed by atoms with E-state index in [1.807, 2.05) is 0 Å². The quantitative estimate of drug-likeness (QED) is 0.634. The lowest BCUT2D eigenvalue weighted by molar-refractivity contribution is -0.213. The summed E-state index contributed by atoms with van der Waals surface area (Å²) in [6.07, 6.45) is 8.32. The fraction of sp³-hybridized carbons (Fsp3) is 0.741. The van der Waals surface area contributed by atoms with Gasteiger partial charge in [-0.25, -0.2) is 0 Å². The van der Waals surface area contributed by atoms with E-state index in [0.717, 1.165) is 56.1 Å². The van der Waals surface area contributed by atoms with Gasteiger partial charge in [0.25, 0.3) is 0 Å². The van der Waals surface area contributed by atoms with E-state index in [2.05, 4.69) is 24.0 Å². The number of carbonyl (C=O) groups is 1. The molecule has 2 saturated carbocycles. The summed E-state index contributed by atoms with van der Waals surface area (Å²) in [5, 5.41) is 0. The standard InChI is InChI=1S/C27H37NO4/c1-5-25-10-11-26(31-4,15-17(2)29)24-27(25)12-13-28(16-18-6-7-18)21(25)14-19-8-9-20(30-3)23(32-24)22(19)27/h8-9,18,21,24H,5-7,10-16H2,1-4H3/t21-,24+,25-,26+,27+/m1/s1. The number of methoxy groups -OCH3 is 2. The number of hydrogen-bond donors (Lipinski definition) is 0. The Balaban J connectivity index is 1.58. The van der Waals surface area contributed by atoms with Gasteiger partial charge in [-0.15, -0.1) is 0 Å². The van der Waals surface area contributed by atoms with Gasteiger partial charge in [-0.1, -0.05) is 13.0 Å². The highest BCUT2D eigenvalue weighted by molar-refractivity contribution is 5.77. The largest absolute Gasteiger partial charge is 0.493 e. The molecule has 5 atom stereocenters. The number of benzene rings is 1. The minimum Gasteiger partial charge on any atom is -0.493 e. The van der Waals surface area contributed by atoms with Crippen LogP contribution in [-0.4, -0.2) is 55.7 Å². The number of piperidine rings is 1. The summed E-state index contributed by atoms with van der Waals surface area (Å²) in [5.74, 6) is 2.82. The summed E-state index contributed by atoms with van der Waals surface area (Å²) >= 11 is 0. The lowest BCUT2D eigenvalue weighted by atomic mass is 9.40. The van der Waals surface area contributed by atoms with Crippen LogP contribution >= 0.6 is 0 Å². The van der Waals surface area contributed by atoms with Crippen molar-refractivity contribution in [2.45, 2.75) is 88.4 Å². The van der Waals surface area contributed by atoms with E-state index >= 15 is 0 Å². The van der Waals surface area contributed by atoms with Gasteiger partial charge in [0, 0.05) is 37.1 Å². The number of hydrogen-bond acceptors (Lipinski definition) is 5. The molecule has 1 aromatic rings. The first-order valence-electron chi connectivity index (χ1n) is 12.6. The van der Waals surface area contributed by atoms with Crippen LogP contribution in [0, 0.1) is 11.3 Å². The molecule has 174 valence electrons. The molecule has 3 aliphatic carbocycles. The molecule has 1 aromatic carbocycles. The first-order chi connectivity index (χ1) is 15.4. The molecule has 5 heteroatoms. The second kappa shape index (κ2) is 6.96. The monoisotopic (exact) mass is 439 g/mol. The summed E-state index contributed by atoms with van der Waals surface area (Å²) in [5.41, 5.74) is 2.26. The minimum atomic E-state index is -0.577. The fourth-order valence-electron chi connectivity index (χ4n) is 8.54. The Morgan fingerprint density at radius 3 is 2.69 bits per heavy atom. The van der Waals surface area contributed by atoms with E-state index < -0.39 is 5.60 Å². The Morgan fingerprint density at radius 2 is 2.03 bits per heavy atom. The molecule has 32 heavy (non-hydrogen) atoms. The lowest BCUT2D eigenvalue weighted by Gasteiger charge is -2.68. The maximum atomic E-state index is 12.5. The number of ketones is 1. The minimum absolute atomic E-state index is 0.117. The fourth-order valence-corrected chi connectivity index (χ4v) is 8.54. The van der Waals surface area contributed by atoms with Gasteiger partial charge in [0.2, 0.25) is 0 Å². The Kier molecular flexibility index (Phi) is 4.56. The molecule has 6 rings (SSSR count). The molecule has 0 amide bonds. The van der Waals surface area contributed by atoms with Crippen LogP contribution < -0.4 is 9.47 Å². The second-order valence-electron chi connectivity index (χ2n) is 11.2. The van der Waals surface area contributed by atoms with E-state index in [4.69, 9.17) is 14.2 Å². The molecule has 0 radical (unpaired) electrons. The van der Waals surface area contributed by atoms with Crippen LogP contribution in [-0.2, 0) is 21.4 Å². The van der Waals surface area contributed by atoms with Gasteiger partial charge in [-0.2, -0.15) is 0 Å². The lowest BCUT2D eigenvalue weighted by Crippen LogP contribution is -2.75. The summed E-state index contributed by atoms with van der Waals surface area (Å²) < 4.78 is 19.0. The molecule has 1 spiro atoms. The third-order valence-electron chi connectivity index (χ3n) is 9.98. The molecule has 2 heterocycles. The summed E-state index contributed by atoms with van der Waals surface area (Å²) in [6, 6.07) is 4.90. The molecular formula is C27H37NO4. The summed E-state index contributed by atoms with van der Waals surface area (Å²) in [7, 11) is 3.52. The Morgan fingerprint density at radius 1 is 1.22 bits per heavy atom. The van der Waals surface area contributed by atoms with Gasteiger partial charge in [0.05, 0.1) is 7.11 Å². The average Bonchev–Trinajstić information content (AvgIpc) is 3.53. The predicted octanol–water partition coefficient (Wildman–Crippen LogP) is 4.29. The van der Waals surface area contributed by atoms with E-state index in [1.54, 1.807) is 21.1 Å². The van der Waals surface area contributed by atoms with Gasteiger partial charge < -0.3 is 14.2 Å². The average molecular weight is 440 g/mol. The molecule has 3 fully saturated rings. The smallest absolute Gasteiger partial charge is 0.165 e. The third-order valence-corrected chi connectivity index (χ3v) is 9.98. The molecule has 0 N–H and O–H groups in total. The zero-order chi connectivity index (χ0) is 22.3. The van der Waals surface area contributed by atoms with Gasteiger partial charge >= 0.3 is 0 Å². The van der Waals surface area contributed by atoms with Crippen molar-refractivity contribution >= 4 is 5.78 Å². The first-order valence-corrected chi connectivity index (χ1v) is 12.6. The first kappa shape index (κ1) is 21.0. The van der Waals surface area contributed by atoms with Crippen molar-refractivity contribution < 1.29 is 19.0 Å². The van der Waals surface area contributed by atoms with Crippen LogP contribution in [0.5, 0.6) is 11.5 Å². The zero-order valence-corrected chi connectivity index (χ0v) is 20.0. The number of nitrogens with zero attached hydrogens (tertiary/aromatic N) is 1. The van der Waals surface area contributed by atoms with Crippen molar-refractivity contribution in [1.82, 2.24) is 4.90 Å². The van der Waals surface area contributed by atoms with Crippen LogP contribution in [0.1, 0.15) is 69.9 Å². The molecule has 2 bridgehead atoms. The highest BCUT2D eigenvalue weighted by atomic mass is 16.6. The third kappa shape index (κ3) is 2.45. The molecule has 0 unspecified atom stereocenters. The summed E-state index contributed by atoms with van der Waals surface area (Å²) in [4.78, 5) is 15.3. The predicted molar refractivity (Wildman–Crippen MR) is 122 cm³/mol. The number of likely N-dealkylation sites (tertiary alicyclic amines) is 1. The van der Waals surface area contributed by atoms with E-state index in [0.29, 0.717) is 12.5 Å². The van der Waals surface area contributed by atoms with Crippen LogP contribution in [0.4, 0.5) is 0 Å². The highest BCUT2D eigenvalue weighted by Gasteiger charge is 2.75. The number of carbonyl (C=O) groups excluding carboxylic acids is 1. The Labute approximate surface area is 191 Å². The van der Waals surface area contributed by atoms with E-state index in [9.17, 15) is 4.79 Å². The van der Waals surface area contributed by atoms with Crippen molar-refractivity contribution in [2.75, 3.05) is 27.3 Å². The normalized spacial score (nSPS) is 39.4. The van der Waals surface area contributed by atoms with E-state index in [1.165, 1.54) is 30.5 Å². The molecular weight excluding hydrogens is 402 g/mol. The second-order valence-corrected chi connectivity index (χ2v) is 11.2. The van der Waals surface area contributed by atoms with Crippen LogP contribution in [0.3, 0.4) is 0 Å². The Bertz CT molecular complexity index is 957. The number of ether oxygens (including phenoxy) is 3. The summed E-state index contributed by atoms with van der Waals surface area (Å²) in [6.45, 7) is 6.43. The van der Waals surface area contributed by atoms with Crippen molar-refractivity contribution in [1.29, 1.82) is 0 Å². The van der Waals surface area contributed by atoms with Crippen molar-refractivity contribution in [3.8, 4) is 11.5 Å². The zero-order valence-electron chi connectivity index (χ0n) is 20.0. The molecule has 0 aromatic heterocycles. The molecule has 5 nitrogen and oxygen atoms in total. The van der Waals surface area contributed by atoms with Gasteiger partial charge in [0.15, 0.2) is 11.5 Å². The van der Waals surface area contributed by atoms with E-state index in [-0.39, 0.29) is 22.7 Å². The molecule has 2 aliphatic heterocycles. The Hall–Kier alpha value is -1.59. The number of rotatable bonds is 7. The van der Waals surface area contributed by atoms with Gasteiger partial charge in [-0.3, -0.25) is 9.69 Å². The van der Waals surface area contributed by atoms with Gasteiger partial charge in [0.1, 0.15) is 17.5 Å². The van der Waals surface area contributed by atoms with Gasteiger partial charge in [-0.05, 0) is 81.4 Å². The maximum absolute atomic E-state index is 12.5. The molecule has 5 aliphatic rings. The van der Waals surface area contributed by atoms with Crippen LogP contribution in [0.2, 0.25) is 0 Å². The molecule has 1 saturated heterocycles. The van der Waals surface area contributed by atoms with Crippen LogP contribution in [0.25, 0.3) is 0 Å².